The van der Waals surface area contributed by atoms with E-state index in [-0.39, 0.29) is 5.75 Å². The first-order valence-corrected chi connectivity index (χ1v) is 4.86. The van der Waals surface area contributed by atoms with Gasteiger partial charge in [-0.1, -0.05) is 12.1 Å². The van der Waals surface area contributed by atoms with E-state index < -0.39 is 0 Å². The summed E-state index contributed by atoms with van der Waals surface area (Å²) >= 11 is 0. The van der Waals surface area contributed by atoms with Gasteiger partial charge in [0, 0.05) is 13.1 Å². The van der Waals surface area contributed by atoms with Crippen molar-refractivity contribution >= 4 is 6.29 Å². The van der Waals surface area contributed by atoms with Crippen LogP contribution < -0.4 is 5.32 Å². The van der Waals surface area contributed by atoms with E-state index in [9.17, 15) is 4.79 Å². The van der Waals surface area contributed by atoms with Gasteiger partial charge < -0.3 is 15.2 Å². The Morgan fingerprint density at radius 1 is 1.27 bits per heavy atom. The lowest BCUT2D eigenvalue weighted by Gasteiger charge is -2.10. The topological polar surface area (TPSA) is 58.6 Å². The number of para-hydroxylation sites is 1. The van der Waals surface area contributed by atoms with Gasteiger partial charge in [0.2, 0.25) is 0 Å². The highest BCUT2D eigenvalue weighted by atomic mass is 16.5. The number of hydrogen-bond acceptors (Lipinski definition) is 4. The Morgan fingerprint density at radius 3 is 2.27 bits per heavy atom. The summed E-state index contributed by atoms with van der Waals surface area (Å²) in [6.45, 7) is 3.83. The van der Waals surface area contributed by atoms with Crippen LogP contribution in [0.2, 0.25) is 0 Å². The highest BCUT2D eigenvalue weighted by Gasteiger charge is 1.93. The molecule has 1 heterocycles. The molecular weight excluding hydrogens is 194 g/mol. The average Bonchev–Trinajstić information content (AvgIpc) is 2.33. The summed E-state index contributed by atoms with van der Waals surface area (Å²) < 4.78 is 5.01. The third-order valence-electron chi connectivity index (χ3n) is 1.91. The zero-order valence-electron chi connectivity index (χ0n) is 8.48. The molecule has 1 aliphatic heterocycles. The van der Waals surface area contributed by atoms with Crippen LogP contribution in [0.3, 0.4) is 0 Å². The van der Waals surface area contributed by atoms with Gasteiger partial charge in [-0.2, -0.15) is 0 Å². The van der Waals surface area contributed by atoms with E-state index >= 15 is 0 Å². The van der Waals surface area contributed by atoms with Crippen molar-refractivity contribution in [3.05, 3.63) is 29.8 Å². The number of phenols is 1. The van der Waals surface area contributed by atoms with E-state index in [4.69, 9.17) is 9.84 Å². The molecule has 2 N–H and O–H groups in total. The molecule has 0 atom stereocenters. The fourth-order valence-corrected chi connectivity index (χ4v) is 1.10. The minimum absolute atomic E-state index is 0.0347. The molecule has 0 spiro atoms. The number of benzene rings is 1. The first-order chi connectivity index (χ1) is 7.34. The Balaban J connectivity index is 0.000000162. The van der Waals surface area contributed by atoms with Crippen molar-refractivity contribution in [1.29, 1.82) is 0 Å². The molecule has 0 amide bonds. The molecular formula is C11H15NO3. The van der Waals surface area contributed by atoms with Crippen LogP contribution in [-0.4, -0.2) is 37.7 Å². The predicted molar refractivity (Wildman–Crippen MR) is 57.2 cm³/mol. The third kappa shape index (κ3) is 4.58. The van der Waals surface area contributed by atoms with Crippen molar-refractivity contribution in [2.24, 2.45) is 0 Å². The van der Waals surface area contributed by atoms with Gasteiger partial charge >= 0.3 is 0 Å². The first kappa shape index (κ1) is 11.7. The van der Waals surface area contributed by atoms with E-state index in [0.717, 1.165) is 26.3 Å². The molecule has 0 saturated carbocycles. The summed E-state index contributed by atoms with van der Waals surface area (Å²) in [5, 5.41) is 12.0. The lowest BCUT2D eigenvalue weighted by molar-refractivity contribution is 0.109. The van der Waals surface area contributed by atoms with Crippen LogP contribution in [0.1, 0.15) is 10.4 Å². The summed E-state index contributed by atoms with van der Waals surface area (Å²) in [7, 11) is 0. The number of morpholine rings is 1. The Bertz CT molecular complexity index is 286. The van der Waals surface area contributed by atoms with E-state index in [1.165, 1.54) is 6.07 Å². The first-order valence-electron chi connectivity index (χ1n) is 4.86. The van der Waals surface area contributed by atoms with Crippen molar-refractivity contribution < 1.29 is 14.6 Å². The van der Waals surface area contributed by atoms with Gasteiger partial charge in [0.05, 0.1) is 18.8 Å². The lowest BCUT2D eigenvalue weighted by Crippen LogP contribution is -2.30. The monoisotopic (exact) mass is 209 g/mol. The van der Waals surface area contributed by atoms with Gasteiger partial charge in [-0.25, -0.2) is 0 Å². The van der Waals surface area contributed by atoms with Gasteiger partial charge in [-0.15, -0.1) is 0 Å². The second-order valence-electron chi connectivity index (χ2n) is 3.04. The fraction of sp³-hybridized carbons (Fsp3) is 0.364. The second kappa shape index (κ2) is 6.98. The molecule has 15 heavy (non-hydrogen) atoms. The zero-order chi connectivity index (χ0) is 10.9. The van der Waals surface area contributed by atoms with Crippen molar-refractivity contribution in [3.63, 3.8) is 0 Å². The predicted octanol–water partition coefficient (Wildman–Crippen LogP) is 0.811. The fourth-order valence-electron chi connectivity index (χ4n) is 1.10. The van der Waals surface area contributed by atoms with Crippen molar-refractivity contribution in [2.75, 3.05) is 26.3 Å². The van der Waals surface area contributed by atoms with Crippen molar-refractivity contribution in [1.82, 2.24) is 5.32 Å². The Labute approximate surface area is 88.9 Å². The highest BCUT2D eigenvalue weighted by Crippen LogP contribution is 2.11. The molecule has 1 fully saturated rings. The number of carbonyl (C=O) groups is 1. The number of rotatable bonds is 1. The van der Waals surface area contributed by atoms with E-state index in [2.05, 4.69) is 5.32 Å². The number of nitrogens with one attached hydrogen (secondary N) is 1. The molecule has 0 aliphatic carbocycles. The minimum atomic E-state index is 0.0347. The molecule has 2 rings (SSSR count). The SMILES string of the molecule is C1COCCN1.O=Cc1ccccc1O. The number of hydrogen-bond donors (Lipinski definition) is 2. The molecule has 0 aromatic heterocycles. The summed E-state index contributed by atoms with van der Waals surface area (Å²) in [6.07, 6.45) is 0.620. The van der Waals surface area contributed by atoms with E-state index in [1.54, 1.807) is 18.2 Å². The smallest absolute Gasteiger partial charge is 0.153 e. The molecule has 4 heteroatoms. The van der Waals surface area contributed by atoms with Crippen molar-refractivity contribution in [3.8, 4) is 5.75 Å². The third-order valence-corrected chi connectivity index (χ3v) is 1.91. The van der Waals surface area contributed by atoms with Gasteiger partial charge in [0.25, 0.3) is 0 Å². The van der Waals surface area contributed by atoms with Gasteiger partial charge in [-0.3, -0.25) is 4.79 Å². The molecule has 1 aliphatic rings. The van der Waals surface area contributed by atoms with Crippen LogP contribution in [0.5, 0.6) is 5.75 Å². The van der Waals surface area contributed by atoms with Crippen LogP contribution in [0.4, 0.5) is 0 Å². The Morgan fingerprint density at radius 2 is 1.93 bits per heavy atom. The normalized spacial score (nSPS) is 14.9. The number of ether oxygens (including phenoxy) is 1. The van der Waals surface area contributed by atoms with Crippen molar-refractivity contribution in [2.45, 2.75) is 0 Å². The zero-order valence-corrected chi connectivity index (χ0v) is 8.48. The summed E-state index contributed by atoms with van der Waals surface area (Å²) in [5.41, 5.74) is 0.331. The molecule has 4 nitrogen and oxygen atoms in total. The number of carbonyl (C=O) groups excluding carboxylic acids is 1. The van der Waals surface area contributed by atoms with Crippen LogP contribution in [0.15, 0.2) is 24.3 Å². The average molecular weight is 209 g/mol. The quantitative estimate of drug-likeness (QED) is 0.672. The molecule has 1 aromatic rings. The summed E-state index contributed by atoms with van der Waals surface area (Å²) in [5.74, 6) is 0.0347. The molecule has 1 aromatic carbocycles. The van der Waals surface area contributed by atoms with Gasteiger partial charge in [-0.05, 0) is 12.1 Å². The van der Waals surface area contributed by atoms with Gasteiger partial charge in [0.1, 0.15) is 5.75 Å². The van der Waals surface area contributed by atoms with E-state index in [1.807, 2.05) is 0 Å². The summed E-state index contributed by atoms with van der Waals surface area (Å²) in [6, 6.07) is 6.40. The number of phenolic OH excluding ortho intramolecular Hbond substituents is 1. The van der Waals surface area contributed by atoms with Crippen LogP contribution in [0, 0.1) is 0 Å². The standard InChI is InChI=1S/C7H6O2.C4H9NO/c8-5-6-3-1-2-4-7(6)9;1-3-6-4-2-5-1/h1-5,9H;5H,1-4H2. The minimum Gasteiger partial charge on any atom is -0.507 e. The molecule has 1 saturated heterocycles. The maximum Gasteiger partial charge on any atom is 0.153 e. The Kier molecular flexibility index (Phi) is 5.43. The van der Waals surface area contributed by atoms with E-state index in [0.29, 0.717) is 11.8 Å². The molecule has 82 valence electrons. The van der Waals surface area contributed by atoms with Crippen LogP contribution in [0.25, 0.3) is 0 Å². The Hall–Kier alpha value is -1.39. The van der Waals surface area contributed by atoms with Gasteiger partial charge in [0.15, 0.2) is 6.29 Å². The molecule has 0 unspecified atom stereocenters. The maximum absolute atomic E-state index is 10.1. The molecule has 0 bridgehead atoms. The second-order valence-corrected chi connectivity index (χ2v) is 3.04. The maximum atomic E-state index is 10.1. The summed E-state index contributed by atoms with van der Waals surface area (Å²) in [4.78, 5) is 10.1. The lowest BCUT2D eigenvalue weighted by atomic mass is 10.2. The highest BCUT2D eigenvalue weighted by molar-refractivity contribution is 5.78. The molecule has 0 radical (unpaired) electrons. The number of aldehydes is 1. The van der Waals surface area contributed by atoms with Crippen LogP contribution in [-0.2, 0) is 4.74 Å². The van der Waals surface area contributed by atoms with Crippen LogP contribution >= 0.6 is 0 Å². The largest absolute Gasteiger partial charge is 0.507 e. The number of aromatic hydroxyl groups is 1.